The van der Waals surface area contributed by atoms with Gasteiger partial charge in [0.05, 0.1) is 28.6 Å². The largest absolute Gasteiger partial charge is 0.508 e. The molecule has 0 unspecified atom stereocenters. The van der Waals surface area contributed by atoms with Gasteiger partial charge in [-0.2, -0.15) is 4.72 Å². The van der Waals surface area contributed by atoms with Crippen molar-refractivity contribution < 1.29 is 43.2 Å². The van der Waals surface area contributed by atoms with Crippen molar-refractivity contribution in [3.63, 3.8) is 0 Å². The lowest BCUT2D eigenvalue weighted by molar-refractivity contribution is -0.153. The summed E-state index contributed by atoms with van der Waals surface area (Å²) in [4.78, 5) is 42.8. The normalized spacial score (nSPS) is 23.9. The number of aromatic hydroxyl groups is 1. The van der Waals surface area contributed by atoms with Gasteiger partial charge in [-0.15, -0.1) is 0 Å². The highest BCUT2D eigenvalue weighted by Gasteiger charge is 2.64. The molecule has 2 aromatic carbocycles. The van der Waals surface area contributed by atoms with Gasteiger partial charge in [-0.3, -0.25) is 19.3 Å². The van der Waals surface area contributed by atoms with Crippen LogP contribution in [0.2, 0.25) is 0 Å². The number of hydrogen-bond donors (Lipinski definition) is 6. The Bertz CT molecular complexity index is 1950. The van der Waals surface area contributed by atoms with E-state index in [1.807, 2.05) is 6.92 Å². The second kappa shape index (κ2) is 11.8. The van der Waals surface area contributed by atoms with Crippen LogP contribution in [0, 0.1) is 30.6 Å². The molecule has 7 N–H and O–H groups in total. The summed E-state index contributed by atoms with van der Waals surface area (Å²) in [7, 11) is 2.68. The first kappa shape index (κ1) is 33.7. The monoisotopic (exact) mass is 664 g/mol. The first-order valence-corrected chi connectivity index (χ1v) is 16.2. The van der Waals surface area contributed by atoms with Crippen LogP contribution in [0.3, 0.4) is 0 Å². The van der Waals surface area contributed by atoms with Crippen molar-refractivity contribution in [3.05, 3.63) is 69.5 Å². The number of likely N-dealkylation sites (N-methyl/N-ethyl adjacent to an activating group) is 1. The van der Waals surface area contributed by atoms with Crippen molar-refractivity contribution in [1.82, 2.24) is 9.62 Å². The van der Waals surface area contributed by atoms with Crippen molar-refractivity contribution in [2.24, 2.45) is 17.6 Å². The van der Waals surface area contributed by atoms with Crippen molar-refractivity contribution >= 4 is 38.9 Å². The molecule has 14 heteroatoms. The number of nitrogens with one attached hydrogen (secondary N) is 1. The van der Waals surface area contributed by atoms with Crippen LogP contribution in [-0.4, -0.2) is 97.6 Å². The van der Waals surface area contributed by atoms with E-state index < -0.39 is 73.8 Å². The number of sulfonamides is 1. The minimum absolute atomic E-state index is 0.0297. The summed E-state index contributed by atoms with van der Waals surface area (Å²) in [5.74, 6) is -2.07. The van der Waals surface area contributed by atoms with E-state index in [-0.39, 0.29) is 41.0 Å². The van der Waals surface area contributed by atoms with Gasteiger partial charge in [-0.1, -0.05) is 29.5 Å². The molecule has 3 aliphatic rings. The Morgan fingerprint density at radius 1 is 1.11 bits per heavy atom. The van der Waals surface area contributed by atoms with Crippen molar-refractivity contribution in [3.8, 4) is 17.6 Å². The Morgan fingerprint density at radius 2 is 1.74 bits per heavy atom. The zero-order chi connectivity index (χ0) is 34.7. The van der Waals surface area contributed by atoms with Crippen LogP contribution in [0.4, 0.5) is 5.69 Å². The van der Waals surface area contributed by atoms with E-state index in [0.717, 1.165) is 5.56 Å². The molecule has 47 heavy (non-hydrogen) atoms. The summed E-state index contributed by atoms with van der Waals surface area (Å²) in [6.45, 7) is 1.53. The predicted molar refractivity (Wildman–Crippen MR) is 172 cm³/mol. The first-order chi connectivity index (χ1) is 21.9. The lowest BCUT2D eigenvalue weighted by atomic mass is 9.57. The number of hydrogen-bond acceptors (Lipinski definition) is 11. The molecule has 248 valence electrons. The number of carbonyl (C=O) groups excluding carboxylic acids is 3. The van der Waals surface area contributed by atoms with Gasteiger partial charge in [0.2, 0.25) is 15.8 Å². The summed E-state index contributed by atoms with van der Waals surface area (Å²) < 4.78 is 27.7. The number of ketones is 2. The number of phenols is 1. The number of benzene rings is 2. The van der Waals surface area contributed by atoms with Crippen LogP contribution in [0.1, 0.15) is 28.7 Å². The fourth-order valence-corrected chi connectivity index (χ4v) is 7.78. The third-order valence-electron chi connectivity index (χ3n) is 9.08. The van der Waals surface area contributed by atoms with Gasteiger partial charge in [-0.05, 0) is 63.5 Å². The Kier molecular flexibility index (Phi) is 8.48. The first-order valence-electron chi connectivity index (χ1n) is 14.7. The molecule has 0 aliphatic heterocycles. The van der Waals surface area contributed by atoms with Crippen LogP contribution in [0.15, 0.2) is 52.1 Å². The van der Waals surface area contributed by atoms with E-state index in [1.54, 1.807) is 37.2 Å². The van der Waals surface area contributed by atoms with E-state index in [0.29, 0.717) is 11.3 Å². The van der Waals surface area contributed by atoms with Crippen LogP contribution >= 0.6 is 0 Å². The number of phenolic OH excluding ortho intramolecular Hbond substituents is 1. The number of nitrogens with two attached hydrogens (primary N) is 1. The Labute approximate surface area is 272 Å². The van der Waals surface area contributed by atoms with Gasteiger partial charge in [0.1, 0.15) is 22.8 Å². The van der Waals surface area contributed by atoms with Gasteiger partial charge in [0.15, 0.2) is 11.4 Å². The van der Waals surface area contributed by atoms with E-state index in [1.165, 1.54) is 31.1 Å². The van der Waals surface area contributed by atoms with E-state index in [9.17, 15) is 43.2 Å². The van der Waals surface area contributed by atoms with Crippen LogP contribution in [0.25, 0.3) is 5.76 Å². The second-order valence-electron chi connectivity index (χ2n) is 12.4. The number of primary amides is 1. The number of rotatable bonds is 6. The third-order valence-corrected chi connectivity index (χ3v) is 10.5. The number of amides is 1. The van der Waals surface area contributed by atoms with Crippen LogP contribution in [0.5, 0.6) is 5.75 Å². The molecule has 1 fully saturated rings. The number of anilines is 1. The number of Topliss-reactive ketones (excluding diaryl/α,β-unsaturated/α-hetero) is 2. The molecule has 0 radical (unpaired) electrons. The maximum absolute atomic E-state index is 14.1. The van der Waals surface area contributed by atoms with Gasteiger partial charge in [0, 0.05) is 31.3 Å². The number of aliphatic hydroxyl groups excluding tert-OH is 2. The zero-order valence-electron chi connectivity index (χ0n) is 26.5. The van der Waals surface area contributed by atoms with Gasteiger partial charge in [0.25, 0.3) is 5.91 Å². The molecule has 3 aliphatic carbocycles. The average molecular weight is 665 g/mol. The predicted octanol–water partition coefficient (Wildman–Crippen LogP) is 0.668. The van der Waals surface area contributed by atoms with Crippen LogP contribution in [-0.2, 0) is 30.8 Å². The van der Waals surface area contributed by atoms with E-state index >= 15 is 0 Å². The molecule has 1 saturated carbocycles. The summed E-state index contributed by atoms with van der Waals surface area (Å²) in [6.07, 6.45) is 0.0712. The fraction of sp³-hybridized carbons (Fsp3) is 0.364. The number of aliphatic hydroxyl groups is 3. The molecule has 0 spiro atoms. The summed E-state index contributed by atoms with van der Waals surface area (Å²) in [5.41, 5.74) is 3.29. The standard InChI is InChI=1S/C33H36N4O9S/c1-16-8-10-19(11-9-16)47(45,46)35-12-6-7-17-15-22(36(2)3)20-13-18-14-21-26(37(4)5)29(40)25(32(34)43)31(42)33(21,44)30(41)23(18)28(39)24(20)27(17)38/h8-11,15,18,21,26,35,38-39,42,44H,12-14H2,1-5H3,(H2,34,43)/t18-,21-,26-,33-/m1/s1. The fourth-order valence-electron chi connectivity index (χ4n) is 6.86. The van der Waals surface area contributed by atoms with Gasteiger partial charge >= 0.3 is 0 Å². The SMILES string of the molecule is Cc1ccc(S(=O)(=O)NCC#Cc2cc(N(C)C)c3c(c2O)C(O)=C2C(=O)[C@@]4(O)C(O)=C(C(N)=O)C(=O)[C@H](N(C)C)[C@H]4C[C@H]2C3)cc1. The van der Waals surface area contributed by atoms with Crippen molar-refractivity contribution in [2.75, 3.05) is 39.6 Å². The molecule has 0 aromatic heterocycles. The van der Waals surface area contributed by atoms with Gasteiger partial charge < -0.3 is 31.1 Å². The van der Waals surface area contributed by atoms with E-state index in [4.69, 9.17) is 5.73 Å². The highest BCUT2D eigenvalue weighted by Crippen LogP contribution is 2.54. The van der Waals surface area contributed by atoms with Crippen molar-refractivity contribution in [1.29, 1.82) is 0 Å². The minimum atomic E-state index is -3.86. The maximum atomic E-state index is 14.1. The molecular weight excluding hydrogens is 628 g/mol. The molecule has 13 nitrogen and oxygen atoms in total. The Morgan fingerprint density at radius 3 is 2.32 bits per heavy atom. The molecule has 5 rings (SSSR count). The topological polar surface area (TPSA) is 211 Å². The molecule has 0 bridgehead atoms. The number of fused-ring (bicyclic) bond motifs is 3. The highest BCUT2D eigenvalue weighted by molar-refractivity contribution is 7.89. The van der Waals surface area contributed by atoms with Gasteiger partial charge in [-0.25, -0.2) is 8.42 Å². The molecular formula is C33H36N4O9S. The minimum Gasteiger partial charge on any atom is -0.508 e. The number of carbonyl (C=O) groups is 3. The van der Waals surface area contributed by atoms with Crippen molar-refractivity contribution in [2.45, 2.75) is 36.3 Å². The number of nitrogens with zero attached hydrogens (tertiary/aromatic N) is 2. The Balaban J connectivity index is 1.59. The maximum Gasteiger partial charge on any atom is 0.255 e. The van der Waals surface area contributed by atoms with Crippen LogP contribution < -0.4 is 15.4 Å². The summed E-state index contributed by atoms with van der Waals surface area (Å²) in [6, 6.07) is 6.66. The third kappa shape index (κ3) is 5.35. The number of aryl methyl sites for hydroxylation is 1. The smallest absolute Gasteiger partial charge is 0.255 e. The molecule has 1 amide bonds. The molecule has 4 atom stereocenters. The average Bonchev–Trinajstić information content (AvgIpc) is 2.97. The lowest BCUT2D eigenvalue weighted by Crippen LogP contribution is -2.65. The zero-order valence-corrected chi connectivity index (χ0v) is 27.3. The summed E-state index contributed by atoms with van der Waals surface area (Å²) in [5, 5.41) is 45.8. The van der Waals surface area contributed by atoms with E-state index in [2.05, 4.69) is 16.6 Å². The molecule has 2 aromatic rings. The highest BCUT2D eigenvalue weighted by atomic mass is 32.2. The summed E-state index contributed by atoms with van der Waals surface area (Å²) >= 11 is 0. The molecule has 0 heterocycles. The second-order valence-corrected chi connectivity index (χ2v) is 14.2. The molecule has 0 saturated heterocycles. The lowest BCUT2D eigenvalue weighted by Gasteiger charge is -2.50. The Hall–Kier alpha value is -4.68. The quantitative estimate of drug-likeness (QED) is 0.187.